The van der Waals surface area contributed by atoms with E-state index in [0.717, 1.165) is 25.3 Å². The first-order valence-electron chi connectivity index (χ1n) is 7.48. The number of amides is 1. The summed E-state index contributed by atoms with van der Waals surface area (Å²) in [4.78, 5) is 18.7. The van der Waals surface area contributed by atoms with Gasteiger partial charge in [0, 0.05) is 45.7 Å². The molecule has 2 heterocycles. The monoisotopic (exact) mass is 285 g/mol. The van der Waals surface area contributed by atoms with Crippen molar-refractivity contribution in [3.63, 3.8) is 0 Å². The molecule has 19 heavy (non-hydrogen) atoms. The van der Waals surface area contributed by atoms with E-state index in [-0.39, 0.29) is 0 Å². The number of carbonyl (C=O) groups is 1. The molecule has 1 amide bonds. The summed E-state index contributed by atoms with van der Waals surface area (Å²) in [5.74, 6) is 1.65. The third-order valence-electron chi connectivity index (χ3n) is 4.30. The second kappa shape index (κ2) is 7.50. The van der Waals surface area contributed by atoms with E-state index < -0.39 is 0 Å². The highest BCUT2D eigenvalue weighted by Gasteiger charge is 2.27. The van der Waals surface area contributed by atoms with Crippen LogP contribution in [0.5, 0.6) is 0 Å². The van der Waals surface area contributed by atoms with Crippen LogP contribution >= 0.6 is 12.6 Å². The lowest BCUT2D eigenvalue weighted by molar-refractivity contribution is -0.127. The number of hydrogen-bond donors (Lipinski definition) is 1. The molecule has 1 atom stereocenters. The van der Waals surface area contributed by atoms with E-state index in [0.29, 0.717) is 18.2 Å². The van der Waals surface area contributed by atoms with Crippen molar-refractivity contribution in [2.24, 2.45) is 5.92 Å². The standard InChI is InChI=1S/C14H27N3OS/c1-15-6-8-16(9-7-15)4-2-3-5-17-11-13(12-19)10-14(17)18/h13,19H,2-12H2,1H3. The van der Waals surface area contributed by atoms with E-state index in [1.54, 1.807) is 0 Å². The topological polar surface area (TPSA) is 26.8 Å². The Morgan fingerprint density at radius 3 is 2.47 bits per heavy atom. The van der Waals surface area contributed by atoms with Crippen LogP contribution in [0.4, 0.5) is 0 Å². The van der Waals surface area contributed by atoms with Crippen LogP contribution in [0.1, 0.15) is 19.3 Å². The first kappa shape index (κ1) is 15.1. The summed E-state index contributed by atoms with van der Waals surface area (Å²) in [5, 5.41) is 0. The molecule has 1 unspecified atom stereocenters. The summed E-state index contributed by atoms with van der Waals surface area (Å²) in [5.41, 5.74) is 0. The quantitative estimate of drug-likeness (QED) is 0.577. The number of unbranched alkanes of at least 4 members (excludes halogenated alkanes) is 1. The predicted molar refractivity (Wildman–Crippen MR) is 81.7 cm³/mol. The zero-order valence-electron chi connectivity index (χ0n) is 12.1. The van der Waals surface area contributed by atoms with Gasteiger partial charge in [0.05, 0.1) is 0 Å². The smallest absolute Gasteiger partial charge is 0.222 e. The molecule has 0 bridgehead atoms. The number of carbonyl (C=O) groups excluding carboxylic acids is 1. The van der Waals surface area contributed by atoms with Crippen LogP contribution in [-0.4, -0.2) is 79.2 Å². The van der Waals surface area contributed by atoms with E-state index in [1.165, 1.54) is 39.1 Å². The molecular formula is C14H27N3OS. The van der Waals surface area contributed by atoms with E-state index in [4.69, 9.17) is 0 Å². The van der Waals surface area contributed by atoms with Gasteiger partial charge in [-0.2, -0.15) is 12.6 Å². The fraction of sp³-hybridized carbons (Fsp3) is 0.929. The van der Waals surface area contributed by atoms with Crippen LogP contribution in [0.25, 0.3) is 0 Å². The molecule has 0 spiro atoms. The van der Waals surface area contributed by atoms with E-state index in [1.807, 2.05) is 4.90 Å². The van der Waals surface area contributed by atoms with Crippen LogP contribution in [0.3, 0.4) is 0 Å². The van der Waals surface area contributed by atoms with Gasteiger partial charge in [-0.15, -0.1) is 0 Å². The maximum absolute atomic E-state index is 11.8. The number of hydrogen-bond acceptors (Lipinski definition) is 4. The molecule has 2 rings (SSSR count). The largest absolute Gasteiger partial charge is 0.342 e. The number of likely N-dealkylation sites (tertiary alicyclic amines) is 1. The summed E-state index contributed by atoms with van der Waals surface area (Å²) in [6.45, 7) is 7.82. The second-order valence-corrected chi connectivity index (χ2v) is 6.31. The molecule has 2 aliphatic heterocycles. The highest BCUT2D eigenvalue weighted by Crippen LogP contribution is 2.19. The van der Waals surface area contributed by atoms with Crippen molar-refractivity contribution in [1.29, 1.82) is 0 Å². The molecule has 4 nitrogen and oxygen atoms in total. The van der Waals surface area contributed by atoms with Gasteiger partial charge in [0.15, 0.2) is 0 Å². The summed E-state index contributed by atoms with van der Waals surface area (Å²) in [7, 11) is 2.19. The van der Waals surface area contributed by atoms with Crippen LogP contribution in [0.2, 0.25) is 0 Å². The predicted octanol–water partition coefficient (Wildman–Crippen LogP) is 0.792. The van der Waals surface area contributed by atoms with Crippen molar-refractivity contribution in [3.8, 4) is 0 Å². The molecule has 110 valence electrons. The van der Waals surface area contributed by atoms with E-state index >= 15 is 0 Å². The van der Waals surface area contributed by atoms with Gasteiger partial charge in [0.1, 0.15) is 0 Å². The maximum Gasteiger partial charge on any atom is 0.222 e. The Balaban J connectivity index is 1.56. The fourth-order valence-corrected chi connectivity index (χ4v) is 3.15. The van der Waals surface area contributed by atoms with E-state index in [2.05, 4.69) is 29.5 Å². The van der Waals surface area contributed by atoms with Crippen molar-refractivity contribution in [2.75, 3.05) is 58.6 Å². The highest BCUT2D eigenvalue weighted by molar-refractivity contribution is 7.80. The number of rotatable bonds is 6. The van der Waals surface area contributed by atoms with Gasteiger partial charge in [0.2, 0.25) is 5.91 Å². The molecule has 2 saturated heterocycles. The molecule has 0 radical (unpaired) electrons. The van der Waals surface area contributed by atoms with Gasteiger partial charge in [-0.25, -0.2) is 0 Å². The number of thiol groups is 1. The Bertz CT molecular complexity index is 292. The summed E-state index contributed by atoms with van der Waals surface area (Å²) < 4.78 is 0. The summed E-state index contributed by atoms with van der Waals surface area (Å²) in [6, 6.07) is 0. The van der Waals surface area contributed by atoms with Crippen molar-refractivity contribution in [3.05, 3.63) is 0 Å². The minimum Gasteiger partial charge on any atom is -0.342 e. The summed E-state index contributed by atoms with van der Waals surface area (Å²) >= 11 is 4.29. The minimum atomic E-state index is 0.332. The lowest BCUT2D eigenvalue weighted by atomic mass is 10.1. The third-order valence-corrected chi connectivity index (χ3v) is 4.82. The molecule has 0 aromatic heterocycles. The SMILES string of the molecule is CN1CCN(CCCCN2CC(CS)CC2=O)CC1. The minimum absolute atomic E-state index is 0.332. The van der Waals surface area contributed by atoms with Crippen LogP contribution in [-0.2, 0) is 4.79 Å². The van der Waals surface area contributed by atoms with Crippen molar-refractivity contribution < 1.29 is 4.79 Å². The normalized spacial score (nSPS) is 26.3. The molecule has 2 fully saturated rings. The van der Waals surface area contributed by atoms with Crippen molar-refractivity contribution >= 4 is 18.5 Å². The Kier molecular flexibility index (Phi) is 5.98. The molecule has 0 aliphatic carbocycles. The zero-order chi connectivity index (χ0) is 13.7. The van der Waals surface area contributed by atoms with Gasteiger partial charge in [-0.3, -0.25) is 4.79 Å². The molecule has 2 aliphatic rings. The molecular weight excluding hydrogens is 258 g/mol. The maximum atomic E-state index is 11.8. The van der Waals surface area contributed by atoms with Gasteiger partial charge < -0.3 is 14.7 Å². The average Bonchev–Trinajstić information content (AvgIpc) is 2.77. The lowest BCUT2D eigenvalue weighted by Crippen LogP contribution is -2.44. The molecule has 0 aromatic rings. The first-order chi connectivity index (χ1) is 9.19. The number of likely N-dealkylation sites (N-methyl/N-ethyl adjacent to an activating group) is 1. The Morgan fingerprint density at radius 1 is 1.16 bits per heavy atom. The number of piperazine rings is 1. The van der Waals surface area contributed by atoms with Gasteiger partial charge in [0.25, 0.3) is 0 Å². The zero-order valence-corrected chi connectivity index (χ0v) is 12.9. The van der Waals surface area contributed by atoms with Gasteiger partial charge in [-0.1, -0.05) is 0 Å². The third kappa shape index (κ3) is 4.65. The number of nitrogens with zero attached hydrogens (tertiary/aromatic N) is 3. The lowest BCUT2D eigenvalue weighted by Gasteiger charge is -2.32. The van der Waals surface area contributed by atoms with Crippen LogP contribution < -0.4 is 0 Å². The molecule has 0 saturated carbocycles. The van der Waals surface area contributed by atoms with Crippen molar-refractivity contribution in [1.82, 2.24) is 14.7 Å². The van der Waals surface area contributed by atoms with Gasteiger partial charge >= 0.3 is 0 Å². The summed E-state index contributed by atoms with van der Waals surface area (Å²) in [6.07, 6.45) is 3.05. The second-order valence-electron chi connectivity index (χ2n) is 5.94. The van der Waals surface area contributed by atoms with Crippen molar-refractivity contribution in [2.45, 2.75) is 19.3 Å². The Hall–Kier alpha value is -0.260. The van der Waals surface area contributed by atoms with Crippen LogP contribution in [0.15, 0.2) is 0 Å². The van der Waals surface area contributed by atoms with Crippen LogP contribution in [0, 0.1) is 5.92 Å². The fourth-order valence-electron chi connectivity index (χ4n) is 2.90. The van der Waals surface area contributed by atoms with Gasteiger partial charge in [-0.05, 0) is 38.1 Å². The average molecular weight is 285 g/mol. The Labute approximate surface area is 122 Å². The first-order valence-corrected chi connectivity index (χ1v) is 8.12. The van der Waals surface area contributed by atoms with E-state index in [9.17, 15) is 4.79 Å². The molecule has 5 heteroatoms. The highest BCUT2D eigenvalue weighted by atomic mass is 32.1. The molecule has 0 aromatic carbocycles. The molecule has 0 N–H and O–H groups in total. The Morgan fingerprint density at radius 2 is 1.84 bits per heavy atom.